The average molecular weight is 344 g/mol. The van der Waals surface area contributed by atoms with Crippen molar-refractivity contribution < 1.29 is 5.11 Å². The van der Waals surface area contributed by atoms with Crippen LogP contribution < -0.4 is 5.56 Å². The van der Waals surface area contributed by atoms with Crippen molar-refractivity contribution in [3.8, 4) is 0 Å². The molecular formula is C17H20N4O2S. The minimum atomic E-state index is -0.0475. The first-order valence-electron chi connectivity index (χ1n) is 7.87. The van der Waals surface area contributed by atoms with Crippen molar-refractivity contribution in [2.24, 2.45) is 0 Å². The van der Waals surface area contributed by atoms with E-state index >= 15 is 0 Å². The Morgan fingerprint density at radius 3 is 2.88 bits per heavy atom. The third kappa shape index (κ3) is 3.87. The van der Waals surface area contributed by atoms with Gasteiger partial charge in [-0.3, -0.25) is 19.1 Å². The Morgan fingerprint density at radius 2 is 2.12 bits per heavy atom. The summed E-state index contributed by atoms with van der Waals surface area (Å²) in [6, 6.07) is 7.41. The summed E-state index contributed by atoms with van der Waals surface area (Å²) in [5, 5.41) is 11.1. The van der Waals surface area contributed by atoms with Gasteiger partial charge >= 0.3 is 0 Å². The van der Waals surface area contributed by atoms with E-state index in [0.717, 1.165) is 28.6 Å². The van der Waals surface area contributed by atoms with E-state index in [4.69, 9.17) is 5.11 Å². The van der Waals surface area contributed by atoms with E-state index in [9.17, 15) is 4.79 Å². The zero-order chi connectivity index (χ0) is 16.9. The van der Waals surface area contributed by atoms with Crippen LogP contribution in [0.5, 0.6) is 0 Å². The van der Waals surface area contributed by atoms with Gasteiger partial charge in [0.1, 0.15) is 0 Å². The molecule has 3 aromatic heterocycles. The second kappa shape index (κ2) is 7.65. The predicted octanol–water partition coefficient (Wildman–Crippen LogP) is 1.84. The number of thiazole rings is 1. The lowest BCUT2D eigenvalue weighted by Gasteiger charge is -2.21. The summed E-state index contributed by atoms with van der Waals surface area (Å²) in [6.45, 7) is 3.97. The molecule has 0 unspecified atom stereocenters. The van der Waals surface area contributed by atoms with Gasteiger partial charge in [-0.25, -0.2) is 4.98 Å². The van der Waals surface area contributed by atoms with E-state index < -0.39 is 0 Å². The predicted molar refractivity (Wildman–Crippen MR) is 94.1 cm³/mol. The molecule has 24 heavy (non-hydrogen) atoms. The maximum absolute atomic E-state index is 12.3. The van der Waals surface area contributed by atoms with Gasteiger partial charge in [0.2, 0.25) is 0 Å². The van der Waals surface area contributed by atoms with Gasteiger partial charge in [0.05, 0.1) is 11.4 Å². The Bertz CT molecular complexity index is 860. The minimum Gasteiger partial charge on any atom is -0.396 e. The number of aromatic nitrogens is 3. The summed E-state index contributed by atoms with van der Waals surface area (Å²) in [5.74, 6) is 0. The third-order valence-electron chi connectivity index (χ3n) is 3.76. The van der Waals surface area contributed by atoms with Crippen LogP contribution in [0, 0.1) is 6.92 Å². The maximum atomic E-state index is 12.3. The fourth-order valence-electron chi connectivity index (χ4n) is 2.64. The van der Waals surface area contributed by atoms with E-state index in [1.165, 1.54) is 11.3 Å². The van der Waals surface area contributed by atoms with Gasteiger partial charge in [0.25, 0.3) is 5.56 Å². The van der Waals surface area contributed by atoms with Crippen LogP contribution in [-0.4, -0.2) is 37.5 Å². The molecule has 7 heteroatoms. The van der Waals surface area contributed by atoms with Crippen molar-refractivity contribution in [1.82, 2.24) is 19.3 Å². The lowest BCUT2D eigenvalue weighted by Crippen LogP contribution is -2.27. The third-order valence-corrected chi connectivity index (χ3v) is 4.70. The number of aliphatic hydroxyl groups is 1. The number of aliphatic hydroxyl groups excluding tert-OH is 1. The van der Waals surface area contributed by atoms with Gasteiger partial charge in [-0.1, -0.05) is 6.07 Å². The van der Waals surface area contributed by atoms with Crippen LogP contribution in [0.15, 0.2) is 40.6 Å². The molecule has 3 heterocycles. The molecule has 0 aliphatic rings. The lowest BCUT2D eigenvalue weighted by molar-refractivity contribution is 0.209. The summed E-state index contributed by atoms with van der Waals surface area (Å²) in [5.41, 5.74) is 2.56. The van der Waals surface area contributed by atoms with E-state index in [2.05, 4.69) is 14.9 Å². The molecule has 0 fully saturated rings. The Labute approximate surface area is 144 Å². The second-order valence-corrected chi connectivity index (χ2v) is 6.53. The molecule has 0 atom stereocenters. The van der Waals surface area contributed by atoms with Gasteiger partial charge in [-0.2, -0.15) is 0 Å². The SMILES string of the molecule is Cc1csc2nc(CN(CCCO)Cc3ccccn3)cc(=O)n12. The summed E-state index contributed by atoms with van der Waals surface area (Å²) in [4.78, 5) is 24.1. The van der Waals surface area contributed by atoms with Crippen molar-refractivity contribution in [1.29, 1.82) is 0 Å². The van der Waals surface area contributed by atoms with Crippen molar-refractivity contribution in [2.45, 2.75) is 26.4 Å². The topological polar surface area (TPSA) is 70.7 Å². The number of rotatable bonds is 7. The van der Waals surface area contributed by atoms with Crippen molar-refractivity contribution >= 4 is 16.3 Å². The lowest BCUT2D eigenvalue weighted by atomic mass is 10.2. The van der Waals surface area contributed by atoms with Crippen LogP contribution >= 0.6 is 11.3 Å². The molecule has 126 valence electrons. The smallest absolute Gasteiger partial charge is 0.259 e. The van der Waals surface area contributed by atoms with E-state index in [0.29, 0.717) is 19.5 Å². The average Bonchev–Trinajstić information content (AvgIpc) is 2.95. The number of hydrogen-bond acceptors (Lipinski definition) is 6. The van der Waals surface area contributed by atoms with Gasteiger partial charge in [0.15, 0.2) is 4.96 Å². The molecule has 0 aliphatic carbocycles. The zero-order valence-electron chi connectivity index (χ0n) is 13.6. The van der Waals surface area contributed by atoms with Crippen LogP contribution in [0.3, 0.4) is 0 Å². The van der Waals surface area contributed by atoms with E-state index in [-0.39, 0.29) is 12.2 Å². The van der Waals surface area contributed by atoms with Gasteiger partial charge < -0.3 is 5.11 Å². The van der Waals surface area contributed by atoms with Crippen molar-refractivity contribution in [3.05, 3.63) is 63.3 Å². The number of fused-ring (bicyclic) bond motifs is 1. The summed E-state index contributed by atoms with van der Waals surface area (Å²) in [7, 11) is 0. The number of aryl methyl sites for hydroxylation is 1. The van der Waals surface area contributed by atoms with Crippen LogP contribution in [0.25, 0.3) is 4.96 Å². The summed E-state index contributed by atoms with van der Waals surface area (Å²) >= 11 is 1.47. The Kier molecular flexibility index (Phi) is 5.34. The van der Waals surface area contributed by atoms with E-state index in [1.54, 1.807) is 16.7 Å². The quantitative estimate of drug-likeness (QED) is 0.708. The first-order chi connectivity index (χ1) is 11.7. The molecule has 0 aromatic carbocycles. The highest BCUT2D eigenvalue weighted by Crippen LogP contribution is 2.13. The number of nitrogens with zero attached hydrogens (tertiary/aromatic N) is 4. The monoisotopic (exact) mass is 344 g/mol. The van der Waals surface area contributed by atoms with E-state index in [1.807, 2.05) is 30.5 Å². The highest BCUT2D eigenvalue weighted by Gasteiger charge is 2.12. The summed E-state index contributed by atoms with van der Waals surface area (Å²) < 4.78 is 1.63. The summed E-state index contributed by atoms with van der Waals surface area (Å²) in [6.07, 6.45) is 2.44. The second-order valence-electron chi connectivity index (χ2n) is 5.69. The van der Waals surface area contributed by atoms with Crippen molar-refractivity contribution in [3.63, 3.8) is 0 Å². The standard InChI is InChI=1S/C17H20N4O2S/c1-13-12-24-17-19-15(9-16(23)21(13)17)11-20(7-4-8-22)10-14-5-2-3-6-18-14/h2-3,5-6,9,12,22H,4,7-8,10-11H2,1H3. The Balaban J connectivity index is 1.82. The highest BCUT2D eigenvalue weighted by atomic mass is 32.1. The normalized spacial score (nSPS) is 11.5. The Morgan fingerprint density at radius 1 is 1.29 bits per heavy atom. The molecule has 0 bridgehead atoms. The van der Waals surface area contributed by atoms with Gasteiger partial charge in [-0.05, 0) is 25.5 Å². The minimum absolute atomic E-state index is 0.0475. The largest absolute Gasteiger partial charge is 0.396 e. The van der Waals surface area contributed by atoms with Gasteiger partial charge in [0, 0.05) is 49.6 Å². The number of hydrogen-bond donors (Lipinski definition) is 1. The van der Waals surface area contributed by atoms with Crippen molar-refractivity contribution in [2.75, 3.05) is 13.2 Å². The Hall–Kier alpha value is -2.09. The number of pyridine rings is 1. The van der Waals surface area contributed by atoms with Gasteiger partial charge in [-0.15, -0.1) is 11.3 Å². The fourth-order valence-corrected chi connectivity index (χ4v) is 3.53. The molecule has 3 aromatic rings. The first kappa shape index (κ1) is 16.8. The fraction of sp³-hybridized carbons (Fsp3) is 0.353. The molecule has 3 rings (SSSR count). The van der Waals surface area contributed by atoms with Crippen LogP contribution in [0.4, 0.5) is 0 Å². The molecular weight excluding hydrogens is 324 g/mol. The molecule has 0 aliphatic heterocycles. The van der Waals surface area contributed by atoms with Crippen LogP contribution in [-0.2, 0) is 13.1 Å². The molecule has 0 saturated carbocycles. The molecule has 0 saturated heterocycles. The molecule has 0 spiro atoms. The zero-order valence-corrected chi connectivity index (χ0v) is 14.4. The van der Waals surface area contributed by atoms with Crippen LogP contribution in [0.1, 0.15) is 23.5 Å². The molecule has 1 N–H and O–H groups in total. The highest BCUT2D eigenvalue weighted by molar-refractivity contribution is 7.15. The molecule has 6 nitrogen and oxygen atoms in total. The maximum Gasteiger partial charge on any atom is 0.259 e. The molecule has 0 radical (unpaired) electrons. The first-order valence-corrected chi connectivity index (χ1v) is 8.75. The van der Waals surface area contributed by atoms with Crippen LogP contribution in [0.2, 0.25) is 0 Å². The molecule has 0 amide bonds.